The summed E-state index contributed by atoms with van der Waals surface area (Å²) in [7, 11) is 0. The molecule has 2 aromatic carbocycles. The lowest BCUT2D eigenvalue weighted by atomic mass is 9.92. The van der Waals surface area contributed by atoms with Crippen LogP contribution in [0.15, 0.2) is 47.6 Å². The first-order valence-electron chi connectivity index (χ1n) is 7.67. The predicted octanol–water partition coefficient (Wildman–Crippen LogP) is 2.75. The second kappa shape index (κ2) is 6.69. The summed E-state index contributed by atoms with van der Waals surface area (Å²) >= 11 is 5.81. The maximum absolute atomic E-state index is 12.7. The van der Waals surface area contributed by atoms with Crippen molar-refractivity contribution in [3.05, 3.63) is 68.7 Å². The Morgan fingerprint density at radius 3 is 2.59 bits per heavy atom. The van der Waals surface area contributed by atoms with Crippen LogP contribution in [-0.4, -0.2) is 33.2 Å². The van der Waals surface area contributed by atoms with Gasteiger partial charge in [0.2, 0.25) is 5.75 Å². The number of rotatable bonds is 4. The largest absolute Gasteiger partial charge is 0.502 e. The monoisotopic (exact) mass is 388 g/mol. The number of nitro groups is 1. The number of halogens is 1. The Morgan fingerprint density at radius 1 is 1.30 bits per heavy atom. The molecule has 1 heterocycles. The molecule has 1 saturated heterocycles. The van der Waals surface area contributed by atoms with Gasteiger partial charge in [-0.1, -0.05) is 41.9 Å². The second-order valence-corrected chi connectivity index (χ2v) is 6.34. The van der Waals surface area contributed by atoms with Gasteiger partial charge in [-0.2, -0.15) is 5.10 Å². The average Bonchev–Trinajstić information content (AvgIpc) is 2.86. The molecule has 1 aliphatic heterocycles. The van der Waals surface area contributed by atoms with Crippen molar-refractivity contribution < 1.29 is 19.6 Å². The van der Waals surface area contributed by atoms with Gasteiger partial charge in [0.1, 0.15) is 5.54 Å². The van der Waals surface area contributed by atoms with E-state index in [2.05, 4.69) is 10.4 Å². The zero-order valence-corrected chi connectivity index (χ0v) is 14.7. The van der Waals surface area contributed by atoms with Crippen molar-refractivity contribution in [2.24, 2.45) is 5.10 Å². The van der Waals surface area contributed by atoms with Crippen LogP contribution in [0.2, 0.25) is 5.02 Å². The molecule has 3 rings (SSSR count). The van der Waals surface area contributed by atoms with Gasteiger partial charge in [0.25, 0.3) is 5.91 Å². The summed E-state index contributed by atoms with van der Waals surface area (Å²) in [5.41, 5.74) is -1.46. The van der Waals surface area contributed by atoms with Gasteiger partial charge in [-0.25, -0.2) is 4.79 Å². The van der Waals surface area contributed by atoms with E-state index >= 15 is 0 Å². The van der Waals surface area contributed by atoms with Crippen LogP contribution in [0, 0.1) is 10.1 Å². The summed E-state index contributed by atoms with van der Waals surface area (Å²) in [6.45, 7) is 1.54. The molecule has 1 fully saturated rings. The summed E-state index contributed by atoms with van der Waals surface area (Å²) in [6, 6.07) is 10.1. The highest BCUT2D eigenvalue weighted by Crippen LogP contribution is 2.33. The van der Waals surface area contributed by atoms with Crippen LogP contribution in [0.25, 0.3) is 0 Å². The fourth-order valence-electron chi connectivity index (χ4n) is 2.66. The van der Waals surface area contributed by atoms with Crippen LogP contribution in [0.3, 0.4) is 0 Å². The summed E-state index contributed by atoms with van der Waals surface area (Å²) < 4.78 is 0. The average molecular weight is 389 g/mol. The molecule has 0 aliphatic carbocycles. The minimum atomic E-state index is -1.31. The summed E-state index contributed by atoms with van der Waals surface area (Å²) in [4.78, 5) is 35.1. The molecular weight excluding hydrogens is 376 g/mol. The summed E-state index contributed by atoms with van der Waals surface area (Å²) in [6.07, 6.45) is 0.961. The van der Waals surface area contributed by atoms with E-state index in [1.807, 2.05) is 0 Å². The first-order valence-corrected chi connectivity index (χ1v) is 8.05. The molecule has 9 nitrogen and oxygen atoms in total. The van der Waals surface area contributed by atoms with Crippen LogP contribution in [0.1, 0.15) is 18.1 Å². The van der Waals surface area contributed by atoms with E-state index in [1.54, 1.807) is 37.3 Å². The number of benzene rings is 2. The van der Waals surface area contributed by atoms with Gasteiger partial charge in [-0.15, -0.1) is 5.01 Å². The number of nitrogens with one attached hydrogen (secondary N) is 1. The quantitative estimate of drug-likeness (QED) is 0.360. The Hall–Kier alpha value is -3.46. The van der Waals surface area contributed by atoms with E-state index in [0.29, 0.717) is 10.6 Å². The molecule has 0 spiro atoms. The number of hydrogen-bond acceptors (Lipinski definition) is 6. The van der Waals surface area contributed by atoms with Crippen molar-refractivity contribution in [2.45, 2.75) is 12.5 Å². The molecule has 138 valence electrons. The molecule has 3 amide bonds. The molecule has 2 aromatic rings. The zero-order chi connectivity index (χ0) is 19.8. The molecule has 0 radical (unpaired) electrons. The standard InChI is InChI=1S/C17H13ClN4O5/c1-17(11-5-3-2-4-6-11)15(24)21(16(25)20-17)19-9-10-7-12(18)8-13(14(10)23)22(26)27/h2-9,23H,1H3,(H,20,25)/b19-9-/t17-/m0/s1. The number of carbonyl (C=O) groups excluding carboxylic acids is 2. The van der Waals surface area contributed by atoms with Gasteiger partial charge >= 0.3 is 11.7 Å². The summed E-state index contributed by atoms with van der Waals surface area (Å²) in [5.74, 6) is -1.31. The highest BCUT2D eigenvalue weighted by Gasteiger charge is 2.49. The van der Waals surface area contributed by atoms with Crippen molar-refractivity contribution in [1.29, 1.82) is 0 Å². The zero-order valence-electron chi connectivity index (χ0n) is 13.9. The lowest BCUT2D eigenvalue weighted by Crippen LogP contribution is -2.40. The fourth-order valence-corrected chi connectivity index (χ4v) is 2.88. The van der Waals surface area contributed by atoms with Crippen LogP contribution >= 0.6 is 11.6 Å². The summed E-state index contributed by atoms with van der Waals surface area (Å²) in [5, 5.41) is 27.9. The minimum Gasteiger partial charge on any atom is -0.502 e. The number of urea groups is 1. The van der Waals surface area contributed by atoms with Gasteiger partial charge in [0.05, 0.1) is 11.1 Å². The number of carbonyl (C=O) groups is 2. The third-order valence-corrected chi connectivity index (χ3v) is 4.33. The molecule has 0 aromatic heterocycles. The SMILES string of the molecule is C[C@@]1(c2ccccc2)NC(=O)N(/N=C\c2cc(Cl)cc([N+](=O)[O-])c2O)C1=O. The third kappa shape index (κ3) is 3.20. The minimum absolute atomic E-state index is 0.00715. The van der Waals surface area contributed by atoms with Crippen molar-refractivity contribution in [1.82, 2.24) is 10.3 Å². The Balaban J connectivity index is 1.94. The Labute approximate surface area is 158 Å². The number of nitrogens with zero attached hydrogens (tertiary/aromatic N) is 3. The van der Waals surface area contributed by atoms with Crippen molar-refractivity contribution >= 4 is 35.4 Å². The van der Waals surface area contributed by atoms with Crippen molar-refractivity contribution in [3.8, 4) is 5.75 Å². The van der Waals surface area contributed by atoms with Gasteiger partial charge in [0, 0.05) is 16.7 Å². The molecule has 0 bridgehead atoms. The maximum Gasteiger partial charge on any atom is 0.346 e. The van der Waals surface area contributed by atoms with Gasteiger partial charge in [-0.3, -0.25) is 14.9 Å². The van der Waals surface area contributed by atoms with Crippen LogP contribution < -0.4 is 5.32 Å². The van der Waals surface area contributed by atoms with Gasteiger partial charge in [0.15, 0.2) is 0 Å². The predicted molar refractivity (Wildman–Crippen MR) is 96.5 cm³/mol. The first kappa shape index (κ1) is 18.3. The number of phenols is 1. The Kier molecular flexibility index (Phi) is 4.54. The Morgan fingerprint density at radius 2 is 1.96 bits per heavy atom. The van der Waals surface area contributed by atoms with E-state index < -0.39 is 33.8 Å². The maximum atomic E-state index is 12.7. The highest BCUT2D eigenvalue weighted by atomic mass is 35.5. The van der Waals surface area contributed by atoms with Crippen LogP contribution in [0.5, 0.6) is 5.75 Å². The first-order chi connectivity index (χ1) is 12.7. The normalized spacial score (nSPS) is 19.6. The smallest absolute Gasteiger partial charge is 0.346 e. The number of phenolic OH excluding ortho intramolecular Hbond substituents is 1. The Bertz CT molecular complexity index is 979. The van der Waals surface area contributed by atoms with E-state index in [4.69, 9.17) is 11.6 Å². The fraction of sp³-hybridized carbons (Fsp3) is 0.118. The number of aromatic hydroxyl groups is 1. The van der Waals surface area contributed by atoms with Gasteiger partial charge in [-0.05, 0) is 18.6 Å². The van der Waals surface area contributed by atoms with E-state index in [9.17, 15) is 24.8 Å². The molecule has 27 heavy (non-hydrogen) atoms. The third-order valence-electron chi connectivity index (χ3n) is 4.11. The highest BCUT2D eigenvalue weighted by molar-refractivity contribution is 6.31. The van der Waals surface area contributed by atoms with E-state index in [1.165, 1.54) is 6.07 Å². The van der Waals surface area contributed by atoms with Crippen LogP contribution in [0.4, 0.5) is 10.5 Å². The lowest BCUT2D eigenvalue weighted by Gasteiger charge is -2.20. The van der Waals surface area contributed by atoms with Crippen molar-refractivity contribution in [3.63, 3.8) is 0 Å². The topological polar surface area (TPSA) is 125 Å². The number of nitro benzene ring substituents is 1. The number of hydrazone groups is 1. The molecular formula is C17H13ClN4O5. The van der Waals surface area contributed by atoms with Gasteiger partial charge < -0.3 is 10.4 Å². The molecule has 1 atom stereocenters. The number of hydrogen-bond donors (Lipinski definition) is 2. The number of amides is 3. The van der Waals surface area contributed by atoms with E-state index in [-0.39, 0.29) is 10.6 Å². The van der Waals surface area contributed by atoms with E-state index in [0.717, 1.165) is 12.3 Å². The lowest BCUT2D eigenvalue weighted by molar-refractivity contribution is -0.385. The molecule has 2 N–H and O–H groups in total. The molecule has 0 unspecified atom stereocenters. The number of imide groups is 1. The van der Waals surface area contributed by atoms with Crippen LogP contribution in [-0.2, 0) is 10.3 Å². The second-order valence-electron chi connectivity index (χ2n) is 5.90. The molecule has 10 heteroatoms. The van der Waals surface area contributed by atoms with Crippen molar-refractivity contribution in [2.75, 3.05) is 0 Å². The molecule has 0 saturated carbocycles. The molecule has 1 aliphatic rings.